The first-order valence-corrected chi connectivity index (χ1v) is 14.8. The fourth-order valence-corrected chi connectivity index (χ4v) is 6.51. The Labute approximate surface area is 230 Å². The van der Waals surface area contributed by atoms with E-state index in [1.807, 2.05) is 54.3 Å². The number of likely N-dealkylation sites (tertiary alicyclic amines) is 1. The Bertz CT molecular complexity index is 1250. The number of hydrogen-bond acceptors (Lipinski definition) is 3. The third-order valence-corrected chi connectivity index (χ3v) is 9.64. The zero-order chi connectivity index (χ0) is 27.0. The van der Waals surface area contributed by atoms with E-state index in [0.29, 0.717) is 22.9 Å². The molecule has 37 heavy (non-hydrogen) atoms. The molecule has 0 unspecified atom stereocenters. The quantitative estimate of drug-likeness (QED) is 0.371. The van der Waals surface area contributed by atoms with E-state index in [0.717, 1.165) is 28.3 Å². The molecule has 1 saturated carbocycles. The standard InChI is InChI=1S/C28H35Cl2N3O3S/c1-5-15-28(2)17-24(21-7-6-8-23(30)16-21)26(20-11-13-22(29)14-12-20)33(27(28)34)25(19-9-10-19)18-31-37(35,36)32(3)4/h5-8,11-14,16,19,24-26,31H,1,9-10,15,17-18H2,2-4H3/t24-,25-,26-,28+/m1/s1. The van der Waals surface area contributed by atoms with Crippen LogP contribution in [0.1, 0.15) is 55.7 Å². The summed E-state index contributed by atoms with van der Waals surface area (Å²) < 4.78 is 29.2. The molecular weight excluding hydrogens is 529 g/mol. The van der Waals surface area contributed by atoms with Crippen LogP contribution in [0, 0.1) is 11.3 Å². The fourth-order valence-electron chi connectivity index (χ4n) is 5.55. The average molecular weight is 565 g/mol. The van der Waals surface area contributed by atoms with Gasteiger partial charge in [0.25, 0.3) is 10.2 Å². The van der Waals surface area contributed by atoms with E-state index in [9.17, 15) is 13.2 Å². The highest BCUT2D eigenvalue weighted by atomic mass is 35.5. The zero-order valence-electron chi connectivity index (χ0n) is 21.5. The lowest BCUT2D eigenvalue weighted by molar-refractivity contribution is -0.155. The van der Waals surface area contributed by atoms with Gasteiger partial charge in [-0.25, -0.2) is 4.72 Å². The smallest absolute Gasteiger partial charge is 0.279 e. The Morgan fingerprint density at radius 2 is 1.81 bits per heavy atom. The highest BCUT2D eigenvalue weighted by molar-refractivity contribution is 7.87. The number of benzene rings is 2. The Morgan fingerprint density at radius 1 is 1.14 bits per heavy atom. The maximum atomic E-state index is 14.4. The molecule has 1 saturated heterocycles. The van der Waals surface area contributed by atoms with Crippen LogP contribution in [-0.4, -0.2) is 50.2 Å². The van der Waals surface area contributed by atoms with Crippen molar-refractivity contribution in [3.63, 3.8) is 0 Å². The van der Waals surface area contributed by atoms with Crippen LogP contribution in [0.5, 0.6) is 0 Å². The molecule has 4 atom stereocenters. The van der Waals surface area contributed by atoms with Gasteiger partial charge in [-0.3, -0.25) is 4.79 Å². The first kappa shape index (κ1) is 28.1. The van der Waals surface area contributed by atoms with Crippen LogP contribution >= 0.6 is 23.2 Å². The third kappa shape index (κ3) is 6.07. The first-order valence-electron chi connectivity index (χ1n) is 12.6. The second-order valence-electron chi connectivity index (χ2n) is 10.7. The van der Waals surface area contributed by atoms with Gasteiger partial charge in [0.2, 0.25) is 5.91 Å². The Kier molecular flexibility index (Phi) is 8.41. The van der Waals surface area contributed by atoms with Gasteiger partial charge in [0.05, 0.1) is 11.5 Å². The minimum absolute atomic E-state index is 0.0200. The molecule has 0 bridgehead atoms. The number of carbonyl (C=O) groups is 1. The number of hydrogen-bond donors (Lipinski definition) is 1. The molecule has 200 valence electrons. The van der Waals surface area contributed by atoms with Gasteiger partial charge in [0.1, 0.15) is 0 Å². The Hall–Kier alpha value is -1.90. The van der Waals surface area contributed by atoms with Gasteiger partial charge in [0.15, 0.2) is 0 Å². The summed E-state index contributed by atoms with van der Waals surface area (Å²) in [7, 11) is -0.672. The van der Waals surface area contributed by atoms with E-state index >= 15 is 0 Å². The molecule has 1 aliphatic heterocycles. The molecule has 9 heteroatoms. The molecule has 2 aromatic carbocycles. The monoisotopic (exact) mass is 563 g/mol. The molecule has 2 fully saturated rings. The number of rotatable bonds is 10. The van der Waals surface area contributed by atoms with Crippen molar-refractivity contribution in [2.75, 3.05) is 20.6 Å². The van der Waals surface area contributed by atoms with E-state index in [2.05, 4.69) is 17.4 Å². The number of allylic oxidation sites excluding steroid dienone is 1. The summed E-state index contributed by atoms with van der Waals surface area (Å²) in [5.41, 5.74) is 1.32. The van der Waals surface area contributed by atoms with Gasteiger partial charge >= 0.3 is 0 Å². The van der Waals surface area contributed by atoms with Crippen LogP contribution in [0.3, 0.4) is 0 Å². The van der Waals surface area contributed by atoms with Gasteiger partial charge in [-0.2, -0.15) is 12.7 Å². The molecule has 0 spiro atoms. The van der Waals surface area contributed by atoms with Crippen molar-refractivity contribution < 1.29 is 13.2 Å². The summed E-state index contributed by atoms with van der Waals surface area (Å²) in [6.45, 7) is 6.07. The number of amides is 1. The fraction of sp³-hybridized carbons (Fsp3) is 0.464. The number of carbonyl (C=O) groups excluding carboxylic acids is 1. The van der Waals surface area contributed by atoms with E-state index in [-0.39, 0.29) is 36.4 Å². The summed E-state index contributed by atoms with van der Waals surface area (Å²) in [4.78, 5) is 16.4. The normalized spacial score (nSPS) is 25.4. The minimum atomic E-state index is -3.66. The highest BCUT2D eigenvalue weighted by Crippen LogP contribution is 2.54. The lowest BCUT2D eigenvalue weighted by atomic mass is 9.67. The van der Waals surface area contributed by atoms with Crippen LogP contribution in [0.2, 0.25) is 10.0 Å². The summed E-state index contributed by atoms with van der Waals surface area (Å²) in [5.74, 6) is 0.176. The van der Waals surface area contributed by atoms with Crippen molar-refractivity contribution in [1.82, 2.24) is 13.9 Å². The first-order chi connectivity index (χ1) is 17.5. The Balaban J connectivity index is 1.87. The van der Waals surface area contributed by atoms with Crippen molar-refractivity contribution in [2.45, 2.75) is 50.6 Å². The topological polar surface area (TPSA) is 69.7 Å². The van der Waals surface area contributed by atoms with Crippen molar-refractivity contribution in [3.05, 3.63) is 82.4 Å². The largest absolute Gasteiger partial charge is 0.330 e. The molecule has 1 N–H and O–H groups in total. The lowest BCUT2D eigenvalue weighted by Gasteiger charge is -2.52. The van der Waals surface area contributed by atoms with Gasteiger partial charge in [-0.15, -0.1) is 6.58 Å². The molecule has 0 aromatic heterocycles. The maximum Gasteiger partial charge on any atom is 0.279 e. The SMILES string of the molecule is C=CC[C@@]1(C)C[C@H](c2cccc(Cl)c2)[C@@H](c2ccc(Cl)cc2)N([C@H](CNS(=O)(=O)N(C)C)C2CC2)C1=O. The van der Waals surface area contributed by atoms with Crippen LogP contribution in [0.25, 0.3) is 0 Å². The second-order valence-corrected chi connectivity index (χ2v) is 13.5. The van der Waals surface area contributed by atoms with Gasteiger partial charge in [-0.1, -0.05) is 60.5 Å². The number of piperidine rings is 1. The molecular formula is C28H35Cl2N3O3S. The van der Waals surface area contributed by atoms with Crippen molar-refractivity contribution in [2.24, 2.45) is 11.3 Å². The van der Waals surface area contributed by atoms with Crippen LogP contribution in [0.15, 0.2) is 61.2 Å². The molecule has 2 aromatic rings. The minimum Gasteiger partial charge on any atom is -0.330 e. The number of halogens is 2. The number of nitrogens with zero attached hydrogens (tertiary/aromatic N) is 2. The average Bonchev–Trinajstić information content (AvgIpc) is 3.68. The third-order valence-electron chi connectivity index (χ3n) is 7.66. The number of nitrogens with one attached hydrogen (secondary N) is 1. The summed E-state index contributed by atoms with van der Waals surface area (Å²) in [5, 5.41) is 1.25. The van der Waals surface area contributed by atoms with Crippen LogP contribution in [0.4, 0.5) is 0 Å². The van der Waals surface area contributed by atoms with Gasteiger partial charge in [0, 0.05) is 42.6 Å². The summed E-state index contributed by atoms with van der Waals surface area (Å²) in [6.07, 6.45) is 4.84. The summed E-state index contributed by atoms with van der Waals surface area (Å²) in [6, 6.07) is 14.8. The maximum absolute atomic E-state index is 14.4. The molecule has 2 aliphatic rings. The van der Waals surface area contributed by atoms with E-state index in [1.165, 1.54) is 14.1 Å². The Morgan fingerprint density at radius 3 is 2.38 bits per heavy atom. The van der Waals surface area contributed by atoms with Crippen molar-refractivity contribution >= 4 is 39.3 Å². The van der Waals surface area contributed by atoms with E-state index < -0.39 is 15.6 Å². The molecule has 1 heterocycles. The van der Waals surface area contributed by atoms with E-state index in [1.54, 1.807) is 6.08 Å². The lowest BCUT2D eigenvalue weighted by Crippen LogP contribution is -2.59. The molecule has 6 nitrogen and oxygen atoms in total. The van der Waals surface area contributed by atoms with Crippen molar-refractivity contribution in [1.29, 1.82) is 0 Å². The van der Waals surface area contributed by atoms with Crippen LogP contribution in [-0.2, 0) is 15.0 Å². The van der Waals surface area contributed by atoms with E-state index in [4.69, 9.17) is 23.2 Å². The molecule has 0 radical (unpaired) electrons. The predicted molar refractivity (Wildman–Crippen MR) is 150 cm³/mol. The highest BCUT2D eigenvalue weighted by Gasteiger charge is 2.53. The zero-order valence-corrected chi connectivity index (χ0v) is 23.9. The second kappa shape index (κ2) is 11.1. The van der Waals surface area contributed by atoms with Gasteiger partial charge in [-0.05, 0) is 67.0 Å². The van der Waals surface area contributed by atoms with Crippen LogP contribution < -0.4 is 4.72 Å². The summed E-state index contributed by atoms with van der Waals surface area (Å²) >= 11 is 12.7. The van der Waals surface area contributed by atoms with Crippen molar-refractivity contribution in [3.8, 4) is 0 Å². The van der Waals surface area contributed by atoms with Gasteiger partial charge < -0.3 is 4.90 Å². The predicted octanol–water partition coefficient (Wildman–Crippen LogP) is 5.81. The molecule has 4 rings (SSSR count). The molecule has 1 aliphatic carbocycles. The molecule has 1 amide bonds.